The van der Waals surface area contributed by atoms with Crippen LogP contribution in [0.2, 0.25) is 0 Å². The number of rotatable bonds is 5. The SMILES string of the molecule is CC(Cc1ccco1)C(=O)NC1CCC(C)(C)CC1c1ccccc1. The van der Waals surface area contributed by atoms with Crippen LogP contribution in [0, 0.1) is 11.3 Å². The van der Waals surface area contributed by atoms with E-state index < -0.39 is 0 Å². The van der Waals surface area contributed by atoms with E-state index in [-0.39, 0.29) is 17.9 Å². The third-order valence-corrected chi connectivity index (χ3v) is 5.48. The Morgan fingerprint density at radius 2 is 2.00 bits per heavy atom. The Morgan fingerprint density at radius 1 is 1.24 bits per heavy atom. The van der Waals surface area contributed by atoms with Crippen LogP contribution in [0.3, 0.4) is 0 Å². The van der Waals surface area contributed by atoms with E-state index in [1.54, 1.807) is 6.26 Å². The average molecular weight is 339 g/mol. The van der Waals surface area contributed by atoms with Crippen LogP contribution in [0.1, 0.15) is 57.3 Å². The van der Waals surface area contributed by atoms with Crippen LogP contribution in [0.25, 0.3) is 0 Å². The van der Waals surface area contributed by atoms with Crippen molar-refractivity contribution in [2.45, 2.75) is 58.4 Å². The third kappa shape index (κ3) is 4.53. The van der Waals surface area contributed by atoms with Crippen molar-refractivity contribution in [2.24, 2.45) is 11.3 Å². The first-order chi connectivity index (χ1) is 11.9. The zero-order valence-corrected chi connectivity index (χ0v) is 15.5. The van der Waals surface area contributed by atoms with Gasteiger partial charge in [0.05, 0.1) is 6.26 Å². The number of nitrogens with one attached hydrogen (secondary N) is 1. The van der Waals surface area contributed by atoms with E-state index >= 15 is 0 Å². The van der Waals surface area contributed by atoms with Gasteiger partial charge in [-0.1, -0.05) is 51.1 Å². The number of benzene rings is 1. The first-order valence-electron chi connectivity index (χ1n) is 9.32. The maximum absolute atomic E-state index is 12.7. The number of amides is 1. The number of carbonyl (C=O) groups is 1. The van der Waals surface area contributed by atoms with Crippen LogP contribution in [0.4, 0.5) is 0 Å². The van der Waals surface area contributed by atoms with Crippen LogP contribution in [-0.4, -0.2) is 11.9 Å². The van der Waals surface area contributed by atoms with Crippen LogP contribution in [-0.2, 0) is 11.2 Å². The minimum atomic E-state index is -0.0856. The molecule has 3 unspecified atom stereocenters. The molecule has 0 aliphatic heterocycles. The molecule has 0 radical (unpaired) electrons. The Kier molecular flexibility index (Phi) is 5.31. The molecule has 0 bridgehead atoms. The highest BCUT2D eigenvalue weighted by atomic mass is 16.3. The molecule has 0 saturated heterocycles. The molecule has 1 aliphatic carbocycles. The van der Waals surface area contributed by atoms with Gasteiger partial charge in [0.25, 0.3) is 0 Å². The summed E-state index contributed by atoms with van der Waals surface area (Å²) in [4.78, 5) is 12.7. The average Bonchev–Trinajstić information content (AvgIpc) is 3.10. The highest BCUT2D eigenvalue weighted by Gasteiger charge is 2.36. The van der Waals surface area contributed by atoms with Gasteiger partial charge in [-0.05, 0) is 42.4 Å². The van der Waals surface area contributed by atoms with Crippen LogP contribution in [0.15, 0.2) is 53.1 Å². The van der Waals surface area contributed by atoms with E-state index in [4.69, 9.17) is 4.42 Å². The smallest absolute Gasteiger partial charge is 0.223 e. The maximum atomic E-state index is 12.7. The Bertz CT molecular complexity index is 675. The lowest BCUT2D eigenvalue weighted by Crippen LogP contribution is -2.46. The Morgan fingerprint density at radius 3 is 2.68 bits per heavy atom. The second-order valence-electron chi connectivity index (χ2n) is 8.22. The van der Waals surface area contributed by atoms with E-state index in [0.717, 1.165) is 25.0 Å². The fraction of sp³-hybridized carbons (Fsp3) is 0.500. The molecule has 3 rings (SSSR count). The highest BCUT2D eigenvalue weighted by Crippen LogP contribution is 2.43. The molecular formula is C22H29NO2. The Labute approximate surface area is 150 Å². The lowest BCUT2D eigenvalue weighted by atomic mass is 9.67. The predicted molar refractivity (Wildman–Crippen MR) is 100 cm³/mol. The summed E-state index contributed by atoms with van der Waals surface area (Å²) in [6.07, 6.45) is 5.59. The summed E-state index contributed by atoms with van der Waals surface area (Å²) in [7, 11) is 0. The van der Waals surface area contributed by atoms with E-state index in [0.29, 0.717) is 17.8 Å². The van der Waals surface area contributed by atoms with Crippen LogP contribution < -0.4 is 5.32 Å². The largest absolute Gasteiger partial charge is 0.469 e. The maximum Gasteiger partial charge on any atom is 0.223 e. The van der Waals surface area contributed by atoms with Crippen LogP contribution in [0.5, 0.6) is 0 Å². The Hall–Kier alpha value is -2.03. The lowest BCUT2D eigenvalue weighted by Gasteiger charge is -2.41. The van der Waals surface area contributed by atoms with Gasteiger partial charge in [0.1, 0.15) is 5.76 Å². The van der Waals surface area contributed by atoms with Crippen molar-refractivity contribution in [3.8, 4) is 0 Å². The minimum absolute atomic E-state index is 0.0856. The molecule has 25 heavy (non-hydrogen) atoms. The molecule has 1 fully saturated rings. The molecule has 3 atom stereocenters. The molecule has 1 saturated carbocycles. The zero-order valence-electron chi connectivity index (χ0n) is 15.5. The fourth-order valence-corrected chi connectivity index (χ4v) is 3.96. The van der Waals surface area contributed by atoms with Crippen molar-refractivity contribution >= 4 is 5.91 Å². The molecule has 0 spiro atoms. The van der Waals surface area contributed by atoms with Gasteiger partial charge in [-0.3, -0.25) is 4.79 Å². The van der Waals surface area contributed by atoms with Crippen molar-refractivity contribution in [1.29, 1.82) is 0 Å². The van der Waals surface area contributed by atoms with Gasteiger partial charge >= 0.3 is 0 Å². The quantitative estimate of drug-likeness (QED) is 0.838. The summed E-state index contributed by atoms with van der Waals surface area (Å²) >= 11 is 0. The van der Waals surface area contributed by atoms with Gasteiger partial charge in [0.2, 0.25) is 5.91 Å². The van der Waals surface area contributed by atoms with Gasteiger partial charge in [-0.2, -0.15) is 0 Å². The second-order valence-corrected chi connectivity index (χ2v) is 8.22. The molecule has 1 aromatic carbocycles. The zero-order chi connectivity index (χ0) is 17.9. The lowest BCUT2D eigenvalue weighted by molar-refractivity contribution is -0.125. The monoisotopic (exact) mass is 339 g/mol. The molecule has 3 heteroatoms. The van der Waals surface area contributed by atoms with Crippen molar-refractivity contribution in [3.63, 3.8) is 0 Å². The molecule has 2 aromatic rings. The summed E-state index contributed by atoms with van der Waals surface area (Å²) in [5.74, 6) is 1.29. The van der Waals surface area contributed by atoms with Crippen molar-refractivity contribution in [1.82, 2.24) is 5.32 Å². The first kappa shape index (κ1) is 17.8. The van der Waals surface area contributed by atoms with Gasteiger partial charge in [0, 0.05) is 24.3 Å². The summed E-state index contributed by atoms with van der Waals surface area (Å²) in [6, 6.07) is 14.6. The first-order valence-corrected chi connectivity index (χ1v) is 9.32. The summed E-state index contributed by atoms with van der Waals surface area (Å²) < 4.78 is 5.38. The molecule has 3 nitrogen and oxygen atoms in total. The summed E-state index contributed by atoms with van der Waals surface area (Å²) in [6.45, 7) is 6.64. The summed E-state index contributed by atoms with van der Waals surface area (Å²) in [5, 5.41) is 3.34. The van der Waals surface area contributed by atoms with Crippen molar-refractivity contribution < 1.29 is 9.21 Å². The molecule has 1 aromatic heterocycles. The topological polar surface area (TPSA) is 42.2 Å². The Balaban J connectivity index is 1.69. The second kappa shape index (κ2) is 7.47. The molecule has 1 heterocycles. The number of hydrogen-bond acceptors (Lipinski definition) is 2. The molecule has 134 valence electrons. The molecule has 1 N–H and O–H groups in total. The normalized spacial score (nSPS) is 23.8. The standard InChI is InChI=1S/C22H29NO2/c1-16(14-18-10-7-13-25-18)21(24)23-20-11-12-22(2,3)15-19(20)17-8-5-4-6-9-17/h4-10,13,16,19-20H,11-12,14-15H2,1-3H3,(H,23,24). The molecular weight excluding hydrogens is 310 g/mol. The van der Waals surface area contributed by atoms with Gasteiger partial charge in [-0.25, -0.2) is 0 Å². The van der Waals surface area contributed by atoms with Gasteiger partial charge < -0.3 is 9.73 Å². The van der Waals surface area contributed by atoms with E-state index in [2.05, 4.69) is 49.5 Å². The van der Waals surface area contributed by atoms with E-state index in [9.17, 15) is 4.79 Å². The van der Waals surface area contributed by atoms with Crippen LogP contribution >= 0.6 is 0 Å². The van der Waals surface area contributed by atoms with Crippen molar-refractivity contribution in [3.05, 3.63) is 60.1 Å². The molecule has 1 aliphatic rings. The predicted octanol–water partition coefficient (Wildman–Crippen LogP) is 4.94. The highest BCUT2D eigenvalue weighted by molar-refractivity contribution is 5.79. The minimum Gasteiger partial charge on any atom is -0.469 e. The number of carbonyl (C=O) groups excluding carboxylic acids is 1. The summed E-state index contributed by atoms with van der Waals surface area (Å²) in [5.41, 5.74) is 1.65. The van der Waals surface area contributed by atoms with Gasteiger partial charge in [-0.15, -0.1) is 0 Å². The number of furan rings is 1. The fourth-order valence-electron chi connectivity index (χ4n) is 3.96. The third-order valence-electron chi connectivity index (χ3n) is 5.48. The van der Waals surface area contributed by atoms with E-state index in [1.807, 2.05) is 19.1 Å². The molecule has 1 amide bonds. The van der Waals surface area contributed by atoms with E-state index in [1.165, 1.54) is 5.56 Å². The number of hydrogen-bond donors (Lipinski definition) is 1. The van der Waals surface area contributed by atoms with Crippen molar-refractivity contribution in [2.75, 3.05) is 0 Å². The van der Waals surface area contributed by atoms with Gasteiger partial charge in [0.15, 0.2) is 0 Å².